The summed E-state index contributed by atoms with van der Waals surface area (Å²) in [5.41, 5.74) is -2.32. The van der Waals surface area contributed by atoms with Gasteiger partial charge in [0, 0.05) is 11.6 Å². The number of halogens is 2. The van der Waals surface area contributed by atoms with E-state index < -0.39 is 44.7 Å². The second kappa shape index (κ2) is 5.24. The van der Waals surface area contributed by atoms with Gasteiger partial charge in [-0.1, -0.05) is 0 Å². The third kappa shape index (κ3) is 2.63. The molecule has 1 aromatic rings. The molecule has 0 aromatic heterocycles. The van der Waals surface area contributed by atoms with Crippen LogP contribution in [-0.2, 0) is 25.2 Å². The van der Waals surface area contributed by atoms with Gasteiger partial charge in [-0.15, -0.1) is 0 Å². The highest BCUT2D eigenvalue weighted by atomic mass is 32.2. The number of rotatable bonds is 4. The van der Waals surface area contributed by atoms with Gasteiger partial charge in [-0.05, 0) is 26.0 Å². The van der Waals surface area contributed by atoms with Crippen molar-refractivity contribution >= 4 is 15.8 Å². The highest BCUT2D eigenvalue weighted by molar-refractivity contribution is 7.89. The molecule has 2 rings (SSSR count). The summed E-state index contributed by atoms with van der Waals surface area (Å²) in [4.78, 5) is 12.1. The third-order valence-electron chi connectivity index (χ3n) is 3.24. The second-order valence-corrected chi connectivity index (χ2v) is 6.78. The van der Waals surface area contributed by atoms with Gasteiger partial charge in [0.05, 0.1) is 5.75 Å². The van der Waals surface area contributed by atoms with Gasteiger partial charge in [-0.25, -0.2) is 17.2 Å². The minimum atomic E-state index is -3.81. The van der Waals surface area contributed by atoms with Gasteiger partial charge >= 0.3 is 0 Å². The summed E-state index contributed by atoms with van der Waals surface area (Å²) in [5, 5.41) is 9.74. The molecule has 1 aromatic carbocycles. The highest BCUT2D eigenvalue weighted by Gasteiger charge is 2.50. The van der Waals surface area contributed by atoms with E-state index in [-0.39, 0.29) is 11.3 Å². The molecule has 0 radical (unpaired) electrons. The Labute approximate surface area is 125 Å². The Morgan fingerprint density at radius 2 is 2.00 bits per heavy atom. The molecule has 0 saturated heterocycles. The number of ketones is 1. The lowest BCUT2D eigenvalue weighted by Gasteiger charge is -2.24. The van der Waals surface area contributed by atoms with Crippen LogP contribution < -0.4 is 4.72 Å². The largest absolute Gasteiger partial charge is 0.501 e. The smallest absolute Gasteiger partial charge is 0.250 e. The summed E-state index contributed by atoms with van der Waals surface area (Å²) in [6, 6.07) is 2.47. The van der Waals surface area contributed by atoms with Gasteiger partial charge in [0.1, 0.15) is 11.6 Å². The highest BCUT2D eigenvalue weighted by Crippen LogP contribution is 2.38. The molecule has 1 aliphatic rings. The van der Waals surface area contributed by atoms with E-state index in [0.717, 1.165) is 19.1 Å². The molecule has 1 unspecified atom stereocenters. The maximum absolute atomic E-state index is 13.9. The molecule has 1 heterocycles. The molecule has 1 aliphatic heterocycles. The fourth-order valence-electron chi connectivity index (χ4n) is 1.96. The molecule has 0 spiro atoms. The monoisotopic (exact) mass is 333 g/mol. The molecule has 9 heteroatoms. The van der Waals surface area contributed by atoms with Crippen molar-refractivity contribution in [2.75, 3.05) is 5.75 Å². The van der Waals surface area contributed by atoms with E-state index in [2.05, 4.69) is 0 Å². The van der Waals surface area contributed by atoms with Crippen molar-refractivity contribution in [3.63, 3.8) is 0 Å². The summed E-state index contributed by atoms with van der Waals surface area (Å²) in [6.07, 6.45) is 0. The number of Topliss-reactive ketones (excluding diaryl/α,β-unsaturated/α-hetero) is 1. The number of nitrogens with one attached hydrogen (secondary N) is 1. The van der Waals surface area contributed by atoms with Crippen LogP contribution in [0.1, 0.15) is 19.4 Å². The van der Waals surface area contributed by atoms with Crippen molar-refractivity contribution in [2.45, 2.75) is 19.4 Å². The fourth-order valence-corrected chi connectivity index (χ4v) is 2.53. The van der Waals surface area contributed by atoms with Gasteiger partial charge in [0.15, 0.2) is 0 Å². The van der Waals surface area contributed by atoms with Crippen LogP contribution >= 0.6 is 0 Å². The molecule has 0 amide bonds. The van der Waals surface area contributed by atoms with Crippen LogP contribution in [0, 0.1) is 11.6 Å². The van der Waals surface area contributed by atoms with Crippen LogP contribution in [0.5, 0.6) is 0 Å². The number of hydrogen-bond donors (Lipinski definition) is 2. The Balaban J connectivity index is 2.42. The van der Waals surface area contributed by atoms with Gasteiger partial charge in [-0.2, -0.15) is 0 Å². The van der Waals surface area contributed by atoms with Crippen LogP contribution in [0.25, 0.3) is 0 Å². The maximum Gasteiger partial charge on any atom is 0.250 e. The first-order valence-corrected chi connectivity index (χ1v) is 7.89. The molecule has 6 nitrogen and oxygen atoms in total. The second-order valence-electron chi connectivity index (χ2n) is 4.77. The zero-order valence-corrected chi connectivity index (χ0v) is 12.5. The molecular formula is C13H13F2NO5S. The van der Waals surface area contributed by atoms with E-state index in [0.29, 0.717) is 6.07 Å². The number of carbonyl (C=O) groups excluding carboxylic acids is 1. The van der Waals surface area contributed by atoms with Crippen LogP contribution in [0.4, 0.5) is 8.78 Å². The first-order chi connectivity index (χ1) is 10.1. The number of carbonyl (C=O) groups is 1. The van der Waals surface area contributed by atoms with Crippen LogP contribution in [0.3, 0.4) is 0 Å². The number of aliphatic hydroxyl groups is 1. The van der Waals surface area contributed by atoms with Gasteiger partial charge in [0.2, 0.25) is 27.3 Å². The van der Waals surface area contributed by atoms with E-state index in [1.54, 1.807) is 0 Å². The van der Waals surface area contributed by atoms with Gasteiger partial charge < -0.3 is 9.84 Å². The number of aliphatic hydroxyl groups excluding tert-OH is 1. The fraction of sp³-hybridized carbons (Fsp3) is 0.308. The summed E-state index contributed by atoms with van der Waals surface area (Å²) >= 11 is 0. The van der Waals surface area contributed by atoms with Crippen molar-refractivity contribution in [1.29, 1.82) is 0 Å². The Morgan fingerprint density at radius 3 is 2.55 bits per heavy atom. The first kappa shape index (κ1) is 16.2. The Morgan fingerprint density at radius 1 is 1.36 bits per heavy atom. The number of sulfonamides is 1. The Bertz CT molecular complexity index is 775. The van der Waals surface area contributed by atoms with E-state index in [1.807, 2.05) is 4.72 Å². The summed E-state index contributed by atoms with van der Waals surface area (Å²) in [6.45, 7) is 2.49. The minimum absolute atomic E-state index is 0.317. The van der Waals surface area contributed by atoms with E-state index in [9.17, 15) is 27.1 Å². The molecule has 0 saturated carbocycles. The van der Waals surface area contributed by atoms with Crippen LogP contribution in [0.15, 0.2) is 29.8 Å². The zero-order chi connectivity index (χ0) is 16.7. The van der Waals surface area contributed by atoms with Crippen LogP contribution in [-0.4, -0.2) is 25.1 Å². The average Bonchev–Trinajstić information content (AvgIpc) is 2.63. The van der Waals surface area contributed by atoms with Crippen molar-refractivity contribution in [1.82, 2.24) is 4.72 Å². The molecule has 120 valence electrons. The van der Waals surface area contributed by atoms with Crippen LogP contribution in [0.2, 0.25) is 0 Å². The van der Waals surface area contributed by atoms with E-state index in [4.69, 9.17) is 4.74 Å². The van der Waals surface area contributed by atoms with E-state index in [1.165, 1.54) is 6.92 Å². The standard InChI is InChI=1S/C13H13F2NO5S/c1-3-22(19,20)16-12-10(17)11(18)13(2,21-12)8-5-4-7(14)6-9(8)15/h4-6,16-17H,3H2,1-2H3. The summed E-state index contributed by atoms with van der Waals surface area (Å²) < 4.78 is 56.9. The molecule has 0 aliphatic carbocycles. The summed E-state index contributed by atoms with van der Waals surface area (Å²) in [7, 11) is -3.81. The van der Waals surface area contributed by atoms with E-state index >= 15 is 0 Å². The molecule has 0 bridgehead atoms. The zero-order valence-electron chi connectivity index (χ0n) is 11.7. The predicted molar refractivity (Wildman–Crippen MR) is 72.1 cm³/mol. The molecule has 0 fully saturated rings. The molecular weight excluding hydrogens is 320 g/mol. The first-order valence-electron chi connectivity index (χ1n) is 6.24. The normalized spacial score (nSPS) is 21.9. The Hall–Kier alpha value is -2.16. The van der Waals surface area contributed by atoms with Gasteiger partial charge in [-0.3, -0.25) is 9.52 Å². The lowest BCUT2D eigenvalue weighted by Crippen LogP contribution is -2.33. The number of benzene rings is 1. The molecule has 22 heavy (non-hydrogen) atoms. The quantitative estimate of drug-likeness (QED) is 0.870. The number of hydrogen-bond acceptors (Lipinski definition) is 5. The average molecular weight is 333 g/mol. The molecule has 2 N–H and O–H groups in total. The van der Waals surface area contributed by atoms with Crippen molar-refractivity contribution in [3.8, 4) is 0 Å². The number of ether oxygens (including phenoxy) is 1. The lowest BCUT2D eigenvalue weighted by molar-refractivity contribution is -0.132. The maximum atomic E-state index is 13.9. The molecule has 1 atom stereocenters. The minimum Gasteiger partial charge on any atom is -0.501 e. The van der Waals surface area contributed by atoms with Gasteiger partial charge in [0.25, 0.3) is 5.78 Å². The van der Waals surface area contributed by atoms with Crippen molar-refractivity contribution in [2.24, 2.45) is 0 Å². The van der Waals surface area contributed by atoms with Crippen molar-refractivity contribution < 1.29 is 31.8 Å². The summed E-state index contributed by atoms with van der Waals surface area (Å²) in [5.74, 6) is -4.90. The lowest BCUT2D eigenvalue weighted by atomic mass is 9.91. The SMILES string of the molecule is CCS(=O)(=O)NC1=C(O)C(=O)C(C)(c2ccc(F)cc2F)O1. The predicted octanol–water partition coefficient (Wildman–Crippen LogP) is 1.45. The topological polar surface area (TPSA) is 92.7 Å². The Kier molecular flexibility index (Phi) is 3.86. The van der Waals surface area contributed by atoms with Crippen molar-refractivity contribution in [3.05, 3.63) is 47.0 Å². The third-order valence-corrected chi connectivity index (χ3v) is 4.50.